The van der Waals surface area contributed by atoms with E-state index in [-0.39, 0.29) is 6.61 Å². The van der Waals surface area contributed by atoms with E-state index in [1.54, 1.807) is 11.3 Å². The number of nitrogens with zero attached hydrogens (tertiary/aromatic N) is 1. The summed E-state index contributed by atoms with van der Waals surface area (Å²) in [6.07, 6.45) is 3.79. The topological polar surface area (TPSA) is 60.9 Å². The molecule has 0 saturated carbocycles. The fourth-order valence-corrected chi connectivity index (χ4v) is 4.33. The Morgan fingerprint density at radius 3 is 2.74 bits per heavy atom. The SMILES string of the molecule is OCc1ccc(-c2cc3nccc(Nc4ccc5[nH]ccc5c4)c3s2)cc1. The van der Waals surface area contributed by atoms with Crippen molar-refractivity contribution in [1.82, 2.24) is 9.97 Å². The maximum Gasteiger partial charge on any atom is 0.0837 e. The molecule has 0 atom stereocenters. The summed E-state index contributed by atoms with van der Waals surface area (Å²) < 4.78 is 1.13. The first kappa shape index (κ1) is 16.1. The van der Waals surface area contributed by atoms with Crippen molar-refractivity contribution in [3.63, 3.8) is 0 Å². The average molecular weight is 371 g/mol. The van der Waals surface area contributed by atoms with E-state index in [4.69, 9.17) is 0 Å². The lowest BCUT2D eigenvalue weighted by Gasteiger charge is -2.07. The van der Waals surface area contributed by atoms with Gasteiger partial charge in [0.25, 0.3) is 0 Å². The van der Waals surface area contributed by atoms with E-state index < -0.39 is 0 Å². The molecule has 5 aromatic rings. The first-order chi connectivity index (χ1) is 13.3. The van der Waals surface area contributed by atoms with Gasteiger partial charge in [-0.25, -0.2) is 0 Å². The van der Waals surface area contributed by atoms with Gasteiger partial charge in [-0.3, -0.25) is 4.98 Å². The van der Waals surface area contributed by atoms with E-state index in [9.17, 15) is 5.11 Å². The maximum absolute atomic E-state index is 9.22. The first-order valence-electron chi connectivity index (χ1n) is 8.73. The van der Waals surface area contributed by atoms with Gasteiger partial charge in [-0.05, 0) is 47.5 Å². The van der Waals surface area contributed by atoms with Crippen LogP contribution < -0.4 is 5.32 Å². The molecule has 0 fully saturated rings. The predicted octanol–water partition coefficient (Wildman–Crippen LogP) is 5.68. The molecule has 0 bridgehead atoms. The van der Waals surface area contributed by atoms with Crippen LogP contribution in [-0.2, 0) is 6.61 Å². The van der Waals surface area contributed by atoms with Crippen molar-refractivity contribution in [2.45, 2.75) is 6.61 Å². The summed E-state index contributed by atoms with van der Waals surface area (Å²) in [5.41, 5.74) is 6.27. The normalized spacial score (nSPS) is 11.3. The number of thiophene rings is 1. The standard InChI is InChI=1S/C22H17N3OS/c26-13-14-1-3-15(4-2-14)21-12-20-22(27-21)19(8-10-24-20)25-17-5-6-18-16(11-17)7-9-23-18/h1-12,23,26H,13H2,(H,24,25). The van der Waals surface area contributed by atoms with Gasteiger partial charge < -0.3 is 15.4 Å². The van der Waals surface area contributed by atoms with Gasteiger partial charge in [-0.1, -0.05) is 24.3 Å². The lowest BCUT2D eigenvalue weighted by molar-refractivity contribution is 0.282. The summed E-state index contributed by atoms with van der Waals surface area (Å²) in [4.78, 5) is 8.91. The van der Waals surface area contributed by atoms with Gasteiger partial charge >= 0.3 is 0 Å². The van der Waals surface area contributed by atoms with Gasteiger partial charge in [0.1, 0.15) is 0 Å². The fraction of sp³-hybridized carbons (Fsp3) is 0.0455. The minimum absolute atomic E-state index is 0.0633. The van der Waals surface area contributed by atoms with Crippen LogP contribution in [0.2, 0.25) is 0 Å². The Labute approximate surface area is 160 Å². The van der Waals surface area contributed by atoms with Crippen molar-refractivity contribution in [2.24, 2.45) is 0 Å². The Morgan fingerprint density at radius 1 is 1.00 bits per heavy atom. The number of aliphatic hydroxyl groups is 1. The molecule has 3 N–H and O–H groups in total. The molecule has 0 aliphatic carbocycles. The monoisotopic (exact) mass is 371 g/mol. The number of aliphatic hydroxyl groups excluding tert-OH is 1. The Kier molecular flexibility index (Phi) is 3.89. The van der Waals surface area contributed by atoms with Crippen LogP contribution in [0.1, 0.15) is 5.56 Å². The van der Waals surface area contributed by atoms with Gasteiger partial charge in [-0.15, -0.1) is 11.3 Å². The lowest BCUT2D eigenvalue weighted by atomic mass is 10.1. The number of aromatic nitrogens is 2. The molecule has 0 saturated heterocycles. The van der Waals surface area contributed by atoms with Crippen molar-refractivity contribution in [3.05, 3.63) is 78.6 Å². The highest BCUT2D eigenvalue weighted by Gasteiger charge is 2.10. The molecule has 4 nitrogen and oxygen atoms in total. The number of aromatic amines is 1. The molecule has 5 heteroatoms. The Morgan fingerprint density at radius 2 is 1.89 bits per heavy atom. The number of nitrogens with one attached hydrogen (secondary N) is 2. The molecule has 3 aromatic heterocycles. The van der Waals surface area contributed by atoms with Gasteiger partial charge in [0, 0.05) is 33.9 Å². The number of hydrogen-bond acceptors (Lipinski definition) is 4. The highest BCUT2D eigenvalue weighted by molar-refractivity contribution is 7.22. The number of fused-ring (bicyclic) bond motifs is 2. The van der Waals surface area contributed by atoms with Crippen LogP contribution in [0.3, 0.4) is 0 Å². The molecule has 3 heterocycles. The molecule has 5 rings (SSSR count). The molecule has 2 aromatic carbocycles. The first-order valence-corrected chi connectivity index (χ1v) is 9.55. The summed E-state index contributed by atoms with van der Waals surface area (Å²) in [7, 11) is 0. The Balaban J connectivity index is 1.53. The van der Waals surface area contributed by atoms with Crippen LogP contribution in [0.25, 0.3) is 31.6 Å². The molecule has 0 spiro atoms. The third-order valence-corrected chi connectivity index (χ3v) is 5.87. The van der Waals surface area contributed by atoms with E-state index >= 15 is 0 Å². The third kappa shape index (κ3) is 2.97. The minimum atomic E-state index is 0.0633. The van der Waals surface area contributed by atoms with Crippen molar-refractivity contribution < 1.29 is 5.11 Å². The number of hydrogen-bond donors (Lipinski definition) is 3. The van der Waals surface area contributed by atoms with Crippen LogP contribution in [0.15, 0.2) is 73.1 Å². The highest BCUT2D eigenvalue weighted by Crippen LogP contribution is 2.37. The van der Waals surface area contributed by atoms with Crippen LogP contribution in [-0.4, -0.2) is 15.1 Å². The second-order valence-electron chi connectivity index (χ2n) is 6.44. The predicted molar refractivity (Wildman–Crippen MR) is 113 cm³/mol. The zero-order valence-electron chi connectivity index (χ0n) is 14.4. The van der Waals surface area contributed by atoms with Gasteiger partial charge in [0.05, 0.1) is 22.5 Å². The molecule has 0 radical (unpaired) electrons. The fourth-order valence-electron chi connectivity index (χ4n) is 3.24. The number of benzene rings is 2. The number of pyridine rings is 1. The van der Waals surface area contributed by atoms with Gasteiger partial charge in [0.2, 0.25) is 0 Å². The van der Waals surface area contributed by atoms with E-state index in [1.807, 2.05) is 42.7 Å². The van der Waals surface area contributed by atoms with Crippen LogP contribution in [0, 0.1) is 0 Å². The Bertz CT molecular complexity index is 1240. The van der Waals surface area contributed by atoms with Crippen molar-refractivity contribution >= 4 is 43.8 Å². The zero-order chi connectivity index (χ0) is 18.2. The number of rotatable bonds is 4. The molecular formula is C22H17N3OS. The summed E-state index contributed by atoms with van der Waals surface area (Å²) in [6, 6.07) is 20.5. The Hall–Kier alpha value is -3.15. The van der Waals surface area contributed by atoms with Crippen LogP contribution in [0.5, 0.6) is 0 Å². The molecule has 132 valence electrons. The summed E-state index contributed by atoms with van der Waals surface area (Å²) in [5, 5.41) is 13.9. The lowest BCUT2D eigenvalue weighted by Crippen LogP contribution is -1.90. The number of H-pyrrole nitrogens is 1. The van der Waals surface area contributed by atoms with Crippen molar-refractivity contribution in [3.8, 4) is 10.4 Å². The van der Waals surface area contributed by atoms with E-state index in [0.717, 1.165) is 43.1 Å². The third-order valence-electron chi connectivity index (χ3n) is 4.67. The summed E-state index contributed by atoms with van der Waals surface area (Å²) >= 11 is 1.72. The molecule has 27 heavy (non-hydrogen) atoms. The summed E-state index contributed by atoms with van der Waals surface area (Å²) in [6.45, 7) is 0.0633. The maximum atomic E-state index is 9.22. The smallest absolute Gasteiger partial charge is 0.0837 e. The highest BCUT2D eigenvalue weighted by atomic mass is 32.1. The largest absolute Gasteiger partial charge is 0.392 e. The van der Waals surface area contributed by atoms with E-state index in [0.29, 0.717) is 0 Å². The number of anilines is 2. The van der Waals surface area contributed by atoms with E-state index in [1.165, 1.54) is 5.39 Å². The quantitative estimate of drug-likeness (QED) is 0.381. The van der Waals surface area contributed by atoms with Gasteiger partial charge in [-0.2, -0.15) is 0 Å². The molecule has 0 aliphatic rings. The summed E-state index contributed by atoms with van der Waals surface area (Å²) in [5.74, 6) is 0. The van der Waals surface area contributed by atoms with Crippen molar-refractivity contribution in [1.29, 1.82) is 0 Å². The second kappa shape index (κ2) is 6.54. The van der Waals surface area contributed by atoms with Crippen LogP contribution >= 0.6 is 11.3 Å². The minimum Gasteiger partial charge on any atom is -0.392 e. The average Bonchev–Trinajstić information content (AvgIpc) is 3.35. The zero-order valence-corrected chi connectivity index (χ0v) is 15.3. The molecule has 0 aliphatic heterocycles. The van der Waals surface area contributed by atoms with Crippen molar-refractivity contribution in [2.75, 3.05) is 5.32 Å². The molecular weight excluding hydrogens is 354 g/mol. The molecule has 0 unspecified atom stereocenters. The van der Waals surface area contributed by atoms with Gasteiger partial charge in [0.15, 0.2) is 0 Å². The van der Waals surface area contributed by atoms with Crippen LogP contribution in [0.4, 0.5) is 11.4 Å². The van der Waals surface area contributed by atoms with E-state index in [2.05, 4.69) is 45.6 Å². The molecule has 0 amide bonds. The second-order valence-corrected chi connectivity index (χ2v) is 7.50.